The van der Waals surface area contributed by atoms with Gasteiger partial charge in [-0.1, -0.05) is 19.3 Å². The Balaban J connectivity index is 1.67. The van der Waals surface area contributed by atoms with Gasteiger partial charge in [0.2, 0.25) is 5.91 Å². The number of rotatable bonds is 7. The largest absolute Gasteiger partial charge is 0.497 e. The van der Waals surface area contributed by atoms with E-state index in [4.69, 9.17) is 9.47 Å². The minimum atomic E-state index is -0.267. The molecule has 0 bridgehead atoms. The molecule has 1 aliphatic rings. The highest BCUT2D eigenvalue weighted by Crippen LogP contribution is 2.30. The zero-order valence-electron chi connectivity index (χ0n) is 17.0. The maximum atomic E-state index is 12.6. The van der Waals surface area contributed by atoms with Crippen LogP contribution in [0.3, 0.4) is 0 Å². The summed E-state index contributed by atoms with van der Waals surface area (Å²) in [6, 6.07) is 12.1. The second kappa shape index (κ2) is 9.96. The summed E-state index contributed by atoms with van der Waals surface area (Å²) in [5.41, 5.74) is 1.64. The zero-order valence-corrected chi connectivity index (χ0v) is 17.0. The lowest BCUT2D eigenvalue weighted by molar-refractivity contribution is -0.117. The highest BCUT2D eigenvalue weighted by Gasteiger charge is 2.18. The van der Waals surface area contributed by atoms with Crippen LogP contribution in [0.1, 0.15) is 48.9 Å². The van der Waals surface area contributed by atoms with Crippen LogP contribution in [-0.2, 0) is 4.79 Å². The minimum Gasteiger partial charge on any atom is -0.497 e. The second-order valence-electron chi connectivity index (χ2n) is 7.35. The number of carbonyl (C=O) groups excluding carboxylic acids is 2. The lowest BCUT2D eigenvalue weighted by atomic mass is 9.87. The topological polar surface area (TPSA) is 76.7 Å². The average Bonchev–Trinajstić information content (AvgIpc) is 2.74. The predicted molar refractivity (Wildman–Crippen MR) is 114 cm³/mol. The summed E-state index contributed by atoms with van der Waals surface area (Å²) in [5.74, 6) is 1.42. The third-order valence-electron chi connectivity index (χ3n) is 5.28. The van der Waals surface area contributed by atoms with E-state index in [1.807, 2.05) is 0 Å². The Hall–Kier alpha value is -3.02. The van der Waals surface area contributed by atoms with Crippen molar-refractivity contribution in [1.29, 1.82) is 0 Å². The van der Waals surface area contributed by atoms with Crippen molar-refractivity contribution in [2.24, 2.45) is 5.92 Å². The Morgan fingerprint density at radius 2 is 1.66 bits per heavy atom. The van der Waals surface area contributed by atoms with Crippen molar-refractivity contribution < 1.29 is 19.1 Å². The van der Waals surface area contributed by atoms with Crippen molar-refractivity contribution in [2.45, 2.75) is 38.5 Å². The van der Waals surface area contributed by atoms with Crippen molar-refractivity contribution in [3.05, 3.63) is 48.0 Å². The molecule has 0 atom stereocenters. The van der Waals surface area contributed by atoms with Gasteiger partial charge in [-0.2, -0.15) is 0 Å². The van der Waals surface area contributed by atoms with Gasteiger partial charge in [0.05, 0.1) is 19.9 Å². The SMILES string of the molecule is COc1ccc(C(=O)Nc2cc(NC(=O)CC3CCCCC3)ccc2OC)cc1. The van der Waals surface area contributed by atoms with Crippen LogP contribution in [0.25, 0.3) is 0 Å². The van der Waals surface area contributed by atoms with E-state index in [-0.39, 0.29) is 11.8 Å². The quantitative estimate of drug-likeness (QED) is 0.700. The van der Waals surface area contributed by atoms with E-state index >= 15 is 0 Å². The maximum absolute atomic E-state index is 12.6. The van der Waals surface area contributed by atoms with Crippen LogP contribution in [-0.4, -0.2) is 26.0 Å². The van der Waals surface area contributed by atoms with Gasteiger partial charge in [0.25, 0.3) is 5.91 Å². The molecule has 0 saturated heterocycles. The molecule has 1 fully saturated rings. The number of amides is 2. The molecule has 0 unspecified atom stereocenters. The van der Waals surface area contributed by atoms with Crippen LogP contribution in [0.2, 0.25) is 0 Å². The van der Waals surface area contributed by atoms with Crippen LogP contribution in [0, 0.1) is 5.92 Å². The fourth-order valence-corrected chi connectivity index (χ4v) is 3.69. The first-order valence-electron chi connectivity index (χ1n) is 10.0. The summed E-state index contributed by atoms with van der Waals surface area (Å²) in [6.07, 6.45) is 6.48. The molecule has 1 saturated carbocycles. The van der Waals surface area contributed by atoms with Gasteiger partial charge < -0.3 is 20.1 Å². The van der Waals surface area contributed by atoms with Gasteiger partial charge in [-0.3, -0.25) is 9.59 Å². The van der Waals surface area contributed by atoms with E-state index in [1.165, 1.54) is 19.3 Å². The number of nitrogens with one attached hydrogen (secondary N) is 2. The molecule has 2 amide bonds. The molecule has 6 heteroatoms. The number of hydrogen-bond acceptors (Lipinski definition) is 4. The Morgan fingerprint density at radius 3 is 2.31 bits per heavy atom. The molecule has 2 aromatic rings. The van der Waals surface area contributed by atoms with Crippen LogP contribution >= 0.6 is 0 Å². The molecule has 0 aromatic heterocycles. The third-order valence-corrected chi connectivity index (χ3v) is 5.28. The first kappa shape index (κ1) is 20.7. The van der Waals surface area contributed by atoms with E-state index in [0.717, 1.165) is 12.8 Å². The van der Waals surface area contributed by atoms with Gasteiger partial charge in [-0.25, -0.2) is 0 Å². The van der Waals surface area contributed by atoms with E-state index < -0.39 is 0 Å². The van der Waals surface area contributed by atoms with Gasteiger partial charge in [-0.15, -0.1) is 0 Å². The lowest BCUT2D eigenvalue weighted by Gasteiger charge is -2.21. The third kappa shape index (κ3) is 5.73. The predicted octanol–water partition coefficient (Wildman–Crippen LogP) is 4.87. The number of methoxy groups -OCH3 is 2. The zero-order chi connectivity index (χ0) is 20.6. The first-order valence-corrected chi connectivity index (χ1v) is 10.0. The van der Waals surface area contributed by atoms with Crippen molar-refractivity contribution in [1.82, 2.24) is 0 Å². The molecular formula is C23H28N2O4. The second-order valence-corrected chi connectivity index (χ2v) is 7.35. The van der Waals surface area contributed by atoms with Crippen molar-refractivity contribution in [3.8, 4) is 11.5 Å². The Labute approximate surface area is 171 Å². The Morgan fingerprint density at radius 1 is 0.931 bits per heavy atom. The van der Waals surface area contributed by atoms with E-state index in [2.05, 4.69) is 10.6 Å². The summed E-state index contributed by atoms with van der Waals surface area (Å²) in [5, 5.41) is 5.80. The fraction of sp³-hybridized carbons (Fsp3) is 0.391. The summed E-state index contributed by atoms with van der Waals surface area (Å²) in [4.78, 5) is 25.0. The summed E-state index contributed by atoms with van der Waals surface area (Å²) < 4.78 is 10.5. The number of anilines is 2. The first-order chi connectivity index (χ1) is 14.1. The molecule has 3 rings (SSSR count). The van der Waals surface area contributed by atoms with Gasteiger partial charge >= 0.3 is 0 Å². The number of benzene rings is 2. The monoisotopic (exact) mass is 396 g/mol. The molecule has 0 aliphatic heterocycles. The van der Waals surface area contributed by atoms with Gasteiger partial charge in [0.1, 0.15) is 11.5 Å². The van der Waals surface area contributed by atoms with E-state index in [1.54, 1.807) is 56.7 Å². The van der Waals surface area contributed by atoms with Gasteiger partial charge in [0, 0.05) is 17.7 Å². The summed E-state index contributed by atoms with van der Waals surface area (Å²) in [6.45, 7) is 0. The smallest absolute Gasteiger partial charge is 0.255 e. The molecule has 2 N–H and O–H groups in total. The van der Waals surface area contributed by atoms with Gasteiger partial charge in [-0.05, 0) is 61.2 Å². The molecule has 154 valence electrons. The molecular weight excluding hydrogens is 368 g/mol. The van der Waals surface area contributed by atoms with Crippen LogP contribution in [0.4, 0.5) is 11.4 Å². The lowest BCUT2D eigenvalue weighted by Crippen LogP contribution is -2.18. The molecule has 29 heavy (non-hydrogen) atoms. The highest BCUT2D eigenvalue weighted by molar-refractivity contribution is 6.05. The Bertz CT molecular complexity index is 842. The molecule has 0 spiro atoms. The van der Waals surface area contributed by atoms with E-state index in [9.17, 15) is 9.59 Å². The summed E-state index contributed by atoms with van der Waals surface area (Å²) >= 11 is 0. The highest BCUT2D eigenvalue weighted by atomic mass is 16.5. The fourth-order valence-electron chi connectivity index (χ4n) is 3.69. The number of carbonyl (C=O) groups is 2. The standard InChI is InChI=1S/C23H28N2O4/c1-28-19-11-8-17(9-12-19)23(27)25-20-15-18(10-13-21(20)29-2)24-22(26)14-16-6-4-3-5-7-16/h8-13,15-16H,3-7,14H2,1-2H3,(H,24,26)(H,25,27). The number of ether oxygens (including phenoxy) is 2. The number of hydrogen-bond donors (Lipinski definition) is 2. The van der Waals surface area contributed by atoms with E-state index in [0.29, 0.717) is 40.8 Å². The normalized spacial score (nSPS) is 14.1. The van der Waals surface area contributed by atoms with Crippen molar-refractivity contribution >= 4 is 23.2 Å². The van der Waals surface area contributed by atoms with Crippen LogP contribution in [0.15, 0.2) is 42.5 Å². The van der Waals surface area contributed by atoms with Crippen LogP contribution < -0.4 is 20.1 Å². The molecule has 0 heterocycles. The Kier molecular flexibility index (Phi) is 7.11. The minimum absolute atomic E-state index is 0.00879. The van der Waals surface area contributed by atoms with Crippen molar-refractivity contribution in [3.63, 3.8) is 0 Å². The van der Waals surface area contributed by atoms with Crippen molar-refractivity contribution in [2.75, 3.05) is 24.9 Å². The van der Waals surface area contributed by atoms with Gasteiger partial charge in [0.15, 0.2) is 0 Å². The molecule has 6 nitrogen and oxygen atoms in total. The average molecular weight is 396 g/mol. The molecule has 1 aliphatic carbocycles. The summed E-state index contributed by atoms with van der Waals surface area (Å²) in [7, 11) is 3.12. The maximum Gasteiger partial charge on any atom is 0.255 e. The molecule has 2 aromatic carbocycles. The van der Waals surface area contributed by atoms with Crippen LogP contribution in [0.5, 0.6) is 11.5 Å². The molecule has 0 radical (unpaired) electrons.